The third-order valence-corrected chi connectivity index (χ3v) is 2.84. The van der Waals surface area contributed by atoms with Crippen LogP contribution in [0.15, 0.2) is 0 Å². The summed E-state index contributed by atoms with van der Waals surface area (Å²) in [4.78, 5) is 25.1. The lowest BCUT2D eigenvalue weighted by Gasteiger charge is -2.24. The molecule has 2 amide bonds. The molecule has 0 aliphatic carbocycles. The van der Waals surface area contributed by atoms with Gasteiger partial charge >= 0.3 is 6.09 Å². The monoisotopic (exact) mass is 285 g/mol. The van der Waals surface area contributed by atoms with E-state index in [2.05, 4.69) is 10.6 Å². The Kier molecular flexibility index (Phi) is 5.80. The van der Waals surface area contributed by atoms with Gasteiger partial charge in [-0.15, -0.1) is 0 Å². The van der Waals surface area contributed by atoms with Crippen molar-refractivity contribution in [2.75, 3.05) is 19.6 Å². The second kappa shape index (κ2) is 6.92. The number of hydrogen-bond acceptors (Lipinski definition) is 4. The number of nitrogens with one attached hydrogen (secondary N) is 2. The van der Waals surface area contributed by atoms with Gasteiger partial charge in [-0.3, -0.25) is 4.79 Å². The first-order valence-corrected chi connectivity index (χ1v) is 7.18. The summed E-state index contributed by atoms with van der Waals surface area (Å²) in [6.45, 7) is 11.0. The number of nitrogens with zero attached hydrogens (tertiary/aromatic N) is 1. The molecular weight excluding hydrogens is 258 g/mol. The Morgan fingerprint density at radius 3 is 2.55 bits per heavy atom. The average Bonchev–Trinajstić information content (AvgIpc) is 2.71. The second-order valence-electron chi connectivity index (χ2n) is 6.52. The summed E-state index contributed by atoms with van der Waals surface area (Å²) < 4.78 is 5.33. The third kappa shape index (κ3) is 6.23. The van der Waals surface area contributed by atoms with E-state index in [4.69, 9.17) is 4.74 Å². The van der Waals surface area contributed by atoms with Crippen molar-refractivity contribution in [3.63, 3.8) is 0 Å². The second-order valence-corrected chi connectivity index (χ2v) is 6.52. The van der Waals surface area contributed by atoms with Crippen LogP contribution in [0.5, 0.6) is 0 Å². The van der Waals surface area contributed by atoms with Crippen molar-refractivity contribution in [2.24, 2.45) is 0 Å². The van der Waals surface area contributed by atoms with Crippen molar-refractivity contribution < 1.29 is 14.3 Å². The van der Waals surface area contributed by atoms with E-state index in [0.29, 0.717) is 13.1 Å². The number of likely N-dealkylation sites (tertiary alicyclic amines) is 1. The predicted octanol–water partition coefficient (Wildman–Crippen LogP) is 1.11. The highest BCUT2D eigenvalue weighted by molar-refractivity contribution is 5.78. The lowest BCUT2D eigenvalue weighted by Crippen LogP contribution is -2.43. The zero-order valence-electron chi connectivity index (χ0n) is 13.2. The predicted molar refractivity (Wildman–Crippen MR) is 77.5 cm³/mol. The fourth-order valence-electron chi connectivity index (χ4n) is 2.03. The van der Waals surface area contributed by atoms with Crippen molar-refractivity contribution in [1.82, 2.24) is 15.5 Å². The van der Waals surface area contributed by atoms with E-state index < -0.39 is 5.60 Å². The van der Waals surface area contributed by atoms with Gasteiger partial charge in [-0.05, 0) is 41.0 Å². The number of rotatable bonds is 4. The average molecular weight is 285 g/mol. The van der Waals surface area contributed by atoms with Crippen molar-refractivity contribution in [2.45, 2.75) is 58.7 Å². The Hall–Kier alpha value is -1.30. The van der Waals surface area contributed by atoms with Crippen LogP contribution in [0.1, 0.15) is 41.0 Å². The fourth-order valence-corrected chi connectivity index (χ4v) is 2.03. The molecule has 0 aromatic heterocycles. The molecular formula is C14H27N3O3. The summed E-state index contributed by atoms with van der Waals surface area (Å²) in [5.41, 5.74) is -0.472. The van der Waals surface area contributed by atoms with Crippen LogP contribution in [0.2, 0.25) is 0 Å². The Morgan fingerprint density at radius 2 is 2.00 bits per heavy atom. The van der Waals surface area contributed by atoms with E-state index in [1.54, 1.807) is 4.90 Å². The van der Waals surface area contributed by atoms with Gasteiger partial charge in [-0.1, -0.05) is 0 Å². The minimum Gasteiger partial charge on any atom is -0.444 e. The van der Waals surface area contributed by atoms with Crippen LogP contribution >= 0.6 is 0 Å². The van der Waals surface area contributed by atoms with E-state index in [9.17, 15) is 9.59 Å². The lowest BCUT2D eigenvalue weighted by molar-refractivity contribution is -0.120. The maximum absolute atomic E-state index is 11.9. The molecule has 1 unspecified atom stereocenters. The molecule has 1 rings (SSSR count). The molecule has 0 radical (unpaired) electrons. The third-order valence-electron chi connectivity index (χ3n) is 2.84. The minimum atomic E-state index is -0.472. The van der Waals surface area contributed by atoms with Gasteiger partial charge in [0, 0.05) is 25.2 Å². The number of carbonyl (C=O) groups excluding carboxylic acids is 2. The van der Waals surface area contributed by atoms with Gasteiger partial charge in [-0.2, -0.15) is 0 Å². The van der Waals surface area contributed by atoms with Gasteiger partial charge in [0.1, 0.15) is 5.60 Å². The summed E-state index contributed by atoms with van der Waals surface area (Å²) in [6.07, 6.45) is 0.558. The molecule has 1 atom stereocenters. The minimum absolute atomic E-state index is 0.0179. The molecule has 1 fully saturated rings. The highest BCUT2D eigenvalue weighted by atomic mass is 16.6. The van der Waals surface area contributed by atoms with Gasteiger partial charge in [0.05, 0.1) is 6.54 Å². The molecule has 0 aromatic carbocycles. The molecule has 1 aliphatic rings. The highest BCUT2D eigenvalue weighted by Crippen LogP contribution is 2.15. The van der Waals surface area contributed by atoms with Gasteiger partial charge < -0.3 is 20.3 Å². The number of ether oxygens (including phenoxy) is 1. The maximum atomic E-state index is 11.9. The van der Waals surface area contributed by atoms with E-state index in [1.165, 1.54) is 0 Å². The Bertz CT molecular complexity index is 350. The first-order valence-electron chi connectivity index (χ1n) is 7.18. The van der Waals surface area contributed by atoms with Crippen LogP contribution in [0.4, 0.5) is 4.79 Å². The van der Waals surface area contributed by atoms with Crippen LogP contribution in [-0.4, -0.2) is 54.2 Å². The maximum Gasteiger partial charge on any atom is 0.410 e. The van der Waals surface area contributed by atoms with E-state index in [-0.39, 0.29) is 30.6 Å². The zero-order valence-corrected chi connectivity index (χ0v) is 13.2. The normalized spacial score (nSPS) is 19.3. The van der Waals surface area contributed by atoms with Gasteiger partial charge in [-0.25, -0.2) is 4.79 Å². The first kappa shape index (κ1) is 16.8. The summed E-state index contributed by atoms with van der Waals surface area (Å²) in [7, 11) is 0. The zero-order chi connectivity index (χ0) is 15.3. The van der Waals surface area contributed by atoms with Crippen molar-refractivity contribution >= 4 is 12.0 Å². The largest absolute Gasteiger partial charge is 0.444 e. The Balaban J connectivity index is 2.29. The summed E-state index contributed by atoms with van der Waals surface area (Å²) in [5.74, 6) is -0.0179. The molecule has 6 nitrogen and oxygen atoms in total. The number of amides is 2. The summed E-state index contributed by atoms with van der Waals surface area (Å²) in [6, 6.07) is 0.298. The van der Waals surface area contributed by atoms with Crippen LogP contribution in [-0.2, 0) is 9.53 Å². The van der Waals surface area contributed by atoms with E-state index in [1.807, 2.05) is 34.6 Å². The molecule has 20 heavy (non-hydrogen) atoms. The number of carbonyl (C=O) groups is 2. The molecule has 2 N–H and O–H groups in total. The Morgan fingerprint density at radius 1 is 1.35 bits per heavy atom. The summed E-state index contributed by atoms with van der Waals surface area (Å²) >= 11 is 0. The van der Waals surface area contributed by atoms with Gasteiger partial charge in [0.15, 0.2) is 0 Å². The van der Waals surface area contributed by atoms with Crippen LogP contribution in [0, 0.1) is 0 Å². The van der Waals surface area contributed by atoms with Crippen LogP contribution < -0.4 is 10.6 Å². The molecule has 0 spiro atoms. The van der Waals surface area contributed by atoms with E-state index in [0.717, 1.165) is 6.42 Å². The lowest BCUT2D eigenvalue weighted by atomic mass is 10.2. The van der Waals surface area contributed by atoms with Crippen molar-refractivity contribution in [3.05, 3.63) is 0 Å². The molecule has 0 bridgehead atoms. The SMILES string of the molecule is CC(C)NC(=O)CNC1CCN(C(=O)OC(C)(C)C)C1. The van der Waals surface area contributed by atoms with Crippen molar-refractivity contribution in [1.29, 1.82) is 0 Å². The van der Waals surface area contributed by atoms with Crippen LogP contribution in [0.3, 0.4) is 0 Å². The van der Waals surface area contributed by atoms with Gasteiger partial charge in [0.25, 0.3) is 0 Å². The van der Waals surface area contributed by atoms with Gasteiger partial charge in [0.2, 0.25) is 5.91 Å². The molecule has 1 saturated heterocycles. The molecule has 116 valence electrons. The molecule has 1 heterocycles. The fraction of sp³-hybridized carbons (Fsp3) is 0.857. The van der Waals surface area contributed by atoms with Crippen LogP contribution in [0.25, 0.3) is 0 Å². The summed E-state index contributed by atoms with van der Waals surface area (Å²) in [5, 5.41) is 6.00. The number of hydrogen-bond donors (Lipinski definition) is 2. The standard InChI is InChI=1S/C14H27N3O3/c1-10(2)16-12(18)8-15-11-6-7-17(9-11)13(19)20-14(3,4)5/h10-11,15H,6-9H2,1-5H3,(H,16,18). The molecule has 6 heteroatoms. The van der Waals surface area contributed by atoms with E-state index >= 15 is 0 Å². The molecule has 0 saturated carbocycles. The molecule has 0 aromatic rings. The molecule has 1 aliphatic heterocycles. The topological polar surface area (TPSA) is 70.7 Å². The first-order chi connectivity index (χ1) is 9.17. The highest BCUT2D eigenvalue weighted by Gasteiger charge is 2.29. The quantitative estimate of drug-likeness (QED) is 0.812. The Labute approximate surface area is 121 Å². The smallest absolute Gasteiger partial charge is 0.410 e. The van der Waals surface area contributed by atoms with Crippen molar-refractivity contribution in [3.8, 4) is 0 Å².